The Morgan fingerprint density at radius 3 is 1.11 bits per heavy atom. The Morgan fingerprint density at radius 2 is 0.796 bits per heavy atom. The highest BCUT2D eigenvalue weighted by Crippen LogP contribution is 2.42. The van der Waals surface area contributed by atoms with Gasteiger partial charge in [-0.05, 0) is 84.3 Å². The lowest BCUT2D eigenvalue weighted by atomic mass is 9.84. The molecule has 0 unspecified atom stereocenters. The maximum Gasteiger partial charge on any atom is 0.309 e. The average Bonchev–Trinajstić information content (AvgIpc) is 3.71. The average molecular weight is 743 g/mol. The molecule has 12 nitrogen and oxygen atoms in total. The van der Waals surface area contributed by atoms with Crippen LogP contribution in [0.2, 0.25) is 0 Å². The monoisotopic (exact) mass is 742 g/mol. The zero-order valence-electron chi connectivity index (χ0n) is 31.3. The van der Waals surface area contributed by atoms with Crippen molar-refractivity contribution in [2.75, 3.05) is 55.9 Å². The van der Waals surface area contributed by atoms with Crippen LogP contribution in [0.15, 0.2) is 60.7 Å². The number of methoxy groups -OCH3 is 6. The van der Waals surface area contributed by atoms with Crippen LogP contribution in [0.5, 0.6) is 46.0 Å². The first-order chi connectivity index (χ1) is 26.1. The number of carbonyl (C=O) groups excluding carboxylic acids is 2. The van der Waals surface area contributed by atoms with Gasteiger partial charge >= 0.3 is 11.9 Å². The number of esters is 2. The highest BCUT2D eigenvalue weighted by molar-refractivity contribution is 5.78. The number of carbonyl (C=O) groups is 2. The van der Waals surface area contributed by atoms with Crippen molar-refractivity contribution < 1.29 is 57.7 Å². The molecule has 2 saturated heterocycles. The summed E-state index contributed by atoms with van der Waals surface area (Å²) in [4.78, 5) is 25.8. The van der Waals surface area contributed by atoms with Crippen molar-refractivity contribution >= 4 is 11.9 Å². The molecule has 286 valence electrons. The molecule has 2 N–H and O–H groups in total. The largest absolute Gasteiger partial charge is 0.502 e. The summed E-state index contributed by atoms with van der Waals surface area (Å²) in [6, 6.07) is 18.8. The Kier molecular flexibility index (Phi) is 11.6. The fraction of sp³-hybridized carbons (Fsp3) is 0.381. The summed E-state index contributed by atoms with van der Waals surface area (Å²) in [6.07, 6.45) is 1.97. The molecule has 0 amide bonds. The van der Waals surface area contributed by atoms with Gasteiger partial charge in [0.15, 0.2) is 23.0 Å². The predicted molar refractivity (Wildman–Crippen MR) is 198 cm³/mol. The Bertz CT molecular complexity index is 1810. The Morgan fingerprint density at radius 1 is 0.481 bits per heavy atom. The third-order valence-corrected chi connectivity index (χ3v) is 10.4. The topological polar surface area (TPSA) is 148 Å². The van der Waals surface area contributed by atoms with Crippen LogP contribution in [0.1, 0.15) is 22.3 Å². The van der Waals surface area contributed by atoms with Crippen LogP contribution in [0.3, 0.4) is 0 Å². The number of aromatic hydroxyl groups is 2. The summed E-state index contributed by atoms with van der Waals surface area (Å²) in [5.41, 5.74) is 5.24. The molecule has 4 aromatic rings. The molecular weight excluding hydrogens is 696 g/mol. The third-order valence-electron chi connectivity index (χ3n) is 10.4. The minimum absolute atomic E-state index is 0.0824. The molecule has 2 fully saturated rings. The molecule has 0 bridgehead atoms. The lowest BCUT2D eigenvalue weighted by molar-refractivity contribution is -0.142. The second-order valence-corrected chi connectivity index (χ2v) is 13.6. The van der Waals surface area contributed by atoms with Crippen LogP contribution < -0.4 is 28.4 Å². The number of benzene rings is 4. The zero-order chi connectivity index (χ0) is 38.5. The van der Waals surface area contributed by atoms with E-state index in [0.717, 1.165) is 33.4 Å². The number of phenolic OH excluding ortho intramolecular Hbond substituents is 2. The van der Waals surface area contributed by atoms with E-state index in [9.17, 15) is 19.8 Å². The molecule has 0 aromatic heterocycles. The summed E-state index contributed by atoms with van der Waals surface area (Å²) >= 11 is 0. The number of hydrogen-bond acceptors (Lipinski definition) is 12. The second-order valence-electron chi connectivity index (χ2n) is 13.6. The molecule has 2 aliphatic heterocycles. The molecule has 4 aromatic carbocycles. The van der Waals surface area contributed by atoms with Crippen molar-refractivity contribution in [2.24, 2.45) is 23.7 Å². The SMILES string of the molecule is COc1cc(C[C@H]2COC(=O)[C@@H]2Cc2cc(OC)c(O)c(OC)c2)ccc1-c1ccc(C[C@H]2COC(=O)[C@@H]2Cc2cc(OC)c(O)c(OC)c2)cc1OC. The summed E-state index contributed by atoms with van der Waals surface area (Å²) in [5.74, 6) is 0.745. The Hall–Kier alpha value is -5.78. The third kappa shape index (κ3) is 7.78. The fourth-order valence-electron chi connectivity index (χ4n) is 7.53. The van der Waals surface area contributed by atoms with Crippen LogP contribution in [0.4, 0.5) is 0 Å². The number of rotatable bonds is 15. The molecule has 0 aliphatic carbocycles. The number of hydrogen-bond donors (Lipinski definition) is 2. The molecule has 6 rings (SSSR count). The van der Waals surface area contributed by atoms with Gasteiger partial charge < -0.3 is 48.1 Å². The maximum absolute atomic E-state index is 12.9. The number of ether oxygens (including phenoxy) is 8. The maximum atomic E-state index is 12.9. The van der Waals surface area contributed by atoms with Crippen molar-refractivity contribution in [3.63, 3.8) is 0 Å². The summed E-state index contributed by atoms with van der Waals surface area (Å²) in [6.45, 7) is 0.593. The first-order valence-corrected chi connectivity index (χ1v) is 17.7. The quantitative estimate of drug-likeness (QED) is 0.138. The van der Waals surface area contributed by atoms with E-state index in [4.69, 9.17) is 37.9 Å². The molecular formula is C42H46O12. The number of cyclic esters (lactones) is 2. The molecule has 0 spiro atoms. The van der Waals surface area contributed by atoms with E-state index in [0.29, 0.717) is 50.4 Å². The van der Waals surface area contributed by atoms with Crippen LogP contribution >= 0.6 is 0 Å². The molecule has 54 heavy (non-hydrogen) atoms. The minimum Gasteiger partial charge on any atom is -0.502 e. The van der Waals surface area contributed by atoms with E-state index >= 15 is 0 Å². The van der Waals surface area contributed by atoms with Crippen molar-refractivity contribution in [2.45, 2.75) is 25.7 Å². The molecule has 12 heteroatoms. The summed E-state index contributed by atoms with van der Waals surface area (Å²) in [5, 5.41) is 20.7. The van der Waals surface area contributed by atoms with E-state index in [1.54, 1.807) is 38.5 Å². The van der Waals surface area contributed by atoms with Gasteiger partial charge in [0.2, 0.25) is 11.5 Å². The van der Waals surface area contributed by atoms with Gasteiger partial charge in [0.05, 0.1) is 67.7 Å². The van der Waals surface area contributed by atoms with Gasteiger partial charge in [-0.2, -0.15) is 0 Å². The smallest absolute Gasteiger partial charge is 0.309 e. The van der Waals surface area contributed by atoms with Gasteiger partial charge in [0, 0.05) is 23.0 Å². The van der Waals surface area contributed by atoms with Crippen LogP contribution in [0.25, 0.3) is 11.1 Å². The minimum atomic E-state index is -0.394. The normalized spacial score (nSPS) is 19.2. The van der Waals surface area contributed by atoms with Gasteiger partial charge in [-0.3, -0.25) is 9.59 Å². The van der Waals surface area contributed by atoms with Crippen LogP contribution in [-0.4, -0.2) is 78.0 Å². The molecule has 4 atom stereocenters. The van der Waals surface area contributed by atoms with E-state index in [1.807, 2.05) is 36.4 Å². The van der Waals surface area contributed by atoms with Gasteiger partial charge in [-0.1, -0.05) is 24.3 Å². The highest BCUT2D eigenvalue weighted by atomic mass is 16.5. The van der Waals surface area contributed by atoms with E-state index in [-0.39, 0.29) is 58.3 Å². The molecule has 2 aliphatic rings. The van der Waals surface area contributed by atoms with Gasteiger partial charge in [0.1, 0.15) is 11.5 Å². The number of phenols is 2. The van der Waals surface area contributed by atoms with Crippen LogP contribution in [-0.2, 0) is 44.7 Å². The molecule has 0 radical (unpaired) electrons. The standard InChI is InChI=1S/C42H46O12/c1-47-33-15-23(11-27-21-53-41(45)31(27)13-25-17-35(49-3)39(43)36(18-25)50-4)7-9-29(33)30-10-8-24(16-34(30)48-2)12-28-22-54-42(46)32(28)14-26-19-37(51-5)40(44)38(20-26)52-6/h7-10,15-20,27-28,31-32,43-44H,11-14,21-22H2,1-6H3/t27-,28-,31+,32+/m0/s1. The summed E-state index contributed by atoms with van der Waals surface area (Å²) in [7, 11) is 9.11. The lowest BCUT2D eigenvalue weighted by Gasteiger charge is -2.19. The molecule has 0 saturated carbocycles. The van der Waals surface area contributed by atoms with Crippen molar-refractivity contribution in [3.05, 3.63) is 82.9 Å². The zero-order valence-corrected chi connectivity index (χ0v) is 31.3. The van der Waals surface area contributed by atoms with Crippen molar-refractivity contribution in [1.29, 1.82) is 0 Å². The highest BCUT2D eigenvalue weighted by Gasteiger charge is 2.38. The van der Waals surface area contributed by atoms with Gasteiger partial charge in [-0.25, -0.2) is 0 Å². The summed E-state index contributed by atoms with van der Waals surface area (Å²) < 4.78 is 44.0. The Labute approximate surface area is 314 Å². The fourth-order valence-corrected chi connectivity index (χ4v) is 7.53. The first-order valence-electron chi connectivity index (χ1n) is 17.7. The predicted octanol–water partition coefficient (Wildman–Crippen LogP) is 5.97. The van der Waals surface area contributed by atoms with E-state index in [2.05, 4.69) is 0 Å². The van der Waals surface area contributed by atoms with Gasteiger partial charge in [0.25, 0.3) is 0 Å². The van der Waals surface area contributed by atoms with E-state index in [1.165, 1.54) is 28.4 Å². The van der Waals surface area contributed by atoms with Crippen molar-refractivity contribution in [3.8, 4) is 57.1 Å². The first kappa shape index (κ1) is 38.0. The van der Waals surface area contributed by atoms with Crippen molar-refractivity contribution in [1.82, 2.24) is 0 Å². The van der Waals surface area contributed by atoms with E-state index < -0.39 is 11.8 Å². The van der Waals surface area contributed by atoms with Gasteiger partial charge in [-0.15, -0.1) is 0 Å². The van der Waals surface area contributed by atoms with Crippen LogP contribution in [0, 0.1) is 23.7 Å². The Balaban J connectivity index is 1.18. The molecule has 2 heterocycles. The second kappa shape index (κ2) is 16.5. The lowest BCUT2D eigenvalue weighted by Crippen LogP contribution is -2.21.